The van der Waals surface area contributed by atoms with Gasteiger partial charge >= 0.3 is 0 Å². The van der Waals surface area contributed by atoms with Crippen molar-refractivity contribution >= 4 is 39.1 Å². The van der Waals surface area contributed by atoms with Gasteiger partial charge in [0.05, 0.1) is 0 Å². The summed E-state index contributed by atoms with van der Waals surface area (Å²) >= 11 is 3.26. The Morgan fingerprint density at radius 2 is 2.41 bits per heavy atom. The number of piperidine rings is 1. The topological polar surface area (TPSA) is 45.2 Å². The fourth-order valence-electron chi connectivity index (χ4n) is 3.63. The molecule has 4 rings (SSSR count). The van der Waals surface area contributed by atoms with E-state index < -0.39 is 0 Å². The van der Waals surface area contributed by atoms with Gasteiger partial charge < -0.3 is 10.2 Å². The van der Waals surface area contributed by atoms with E-state index in [1.54, 1.807) is 23.1 Å². The zero-order valence-electron chi connectivity index (χ0n) is 12.5. The first kappa shape index (κ1) is 14.5. The third-order valence-corrected chi connectivity index (χ3v) is 6.20. The number of hydrogen-bond acceptors (Lipinski definition) is 5. The summed E-state index contributed by atoms with van der Waals surface area (Å²) in [4.78, 5) is 19.6. The van der Waals surface area contributed by atoms with Crippen molar-refractivity contribution in [1.29, 1.82) is 0 Å². The van der Waals surface area contributed by atoms with Gasteiger partial charge in [-0.15, -0.1) is 23.1 Å². The van der Waals surface area contributed by atoms with Crippen LogP contribution in [0.1, 0.15) is 23.3 Å². The van der Waals surface area contributed by atoms with Gasteiger partial charge in [0, 0.05) is 29.2 Å². The number of amides is 1. The van der Waals surface area contributed by atoms with Gasteiger partial charge in [0.1, 0.15) is 10.7 Å². The van der Waals surface area contributed by atoms with Gasteiger partial charge in [-0.25, -0.2) is 4.98 Å². The molecule has 1 N–H and O–H groups in total. The van der Waals surface area contributed by atoms with Crippen LogP contribution in [0, 0.1) is 5.92 Å². The lowest BCUT2D eigenvalue weighted by Crippen LogP contribution is -2.47. The molecule has 0 spiro atoms. The predicted octanol–water partition coefficient (Wildman–Crippen LogP) is 2.84. The fraction of sp³-hybridized carbons (Fsp3) is 0.500. The number of rotatable bonds is 3. The van der Waals surface area contributed by atoms with Crippen molar-refractivity contribution in [1.82, 2.24) is 15.2 Å². The second-order valence-electron chi connectivity index (χ2n) is 6.17. The molecule has 3 atom stereocenters. The highest BCUT2D eigenvalue weighted by atomic mass is 32.2. The molecule has 3 unspecified atom stereocenters. The van der Waals surface area contributed by atoms with Gasteiger partial charge in [0.25, 0.3) is 5.91 Å². The minimum atomic E-state index is -0.0295. The molecule has 2 aliphatic rings. The van der Waals surface area contributed by atoms with Crippen LogP contribution in [-0.4, -0.2) is 47.7 Å². The molecule has 2 aromatic rings. The standard InChI is InChI=1S/C16H19N3OS2/c1-21-16-12-3-5-22-14(12)7-13(18-16)15(20)17-11-6-10-2-4-19(8-10)9-11/h3,5,7,10-11H,2,4,6,8-9H2,1H3,(H,17,20). The van der Waals surface area contributed by atoms with E-state index >= 15 is 0 Å². The molecule has 2 aliphatic heterocycles. The Morgan fingerprint density at radius 3 is 3.23 bits per heavy atom. The molecule has 2 fully saturated rings. The van der Waals surface area contributed by atoms with Crippen molar-refractivity contribution < 1.29 is 4.79 Å². The van der Waals surface area contributed by atoms with Crippen molar-refractivity contribution in [2.75, 3.05) is 25.9 Å². The molecule has 0 saturated carbocycles. The monoisotopic (exact) mass is 333 g/mol. The van der Waals surface area contributed by atoms with Crippen LogP contribution in [0.3, 0.4) is 0 Å². The largest absolute Gasteiger partial charge is 0.347 e. The van der Waals surface area contributed by atoms with Crippen LogP contribution in [0.15, 0.2) is 22.5 Å². The molecular formula is C16H19N3OS2. The van der Waals surface area contributed by atoms with E-state index in [2.05, 4.69) is 26.6 Å². The number of nitrogens with one attached hydrogen (secondary N) is 1. The van der Waals surface area contributed by atoms with Gasteiger partial charge in [0.2, 0.25) is 0 Å². The number of carbonyl (C=O) groups excluding carboxylic acids is 1. The van der Waals surface area contributed by atoms with Crippen molar-refractivity contribution in [2.24, 2.45) is 5.92 Å². The van der Waals surface area contributed by atoms with Crippen LogP contribution >= 0.6 is 23.1 Å². The molecule has 0 radical (unpaired) electrons. The summed E-state index contributed by atoms with van der Waals surface area (Å²) in [5.74, 6) is 0.728. The van der Waals surface area contributed by atoms with E-state index in [0.29, 0.717) is 5.69 Å². The Balaban J connectivity index is 1.55. The van der Waals surface area contributed by atoms with Crippen molar-refractivity contribution in [3.63, 3.8) is 0 Å². The Labute approximate surface area is 138 Å². The predicted molar refractivity (Wildman–Crippen MR) is 91.8 cm³/mol. The number of nitrogens with zero attached hydrogens (tertiary/aromatic N) is 2. The van der Waals surface area contributed by atoms with Crippen LogP contribution in [0.2, 0.25) is 0 Å². The van der Waals surface area contributed by atoms with Crippen molar-refractivity contribution in [3.8, 4) is 0 Å². The molecule has 0 aromatic carbocycles. The summed E-state index contributed by atoms with van der Waals surface area (Å²) in [6.45, 7) is 3.38. The lowest BCUT2D eigenvalue weighted by atomic mass is 9.97. The molecule has 2 bridgehead atoms. The fourth-order valence-corrected chi connectivity index (χ4v) is 5.11. The number of fused-ring (bicyclic) bond motifs is 3. The van der Waals surface area contributed by atoms with E-state index in [9.17, 15) is 4.79 Å². The summed E-state index contributed by atoms with van der Waals surface area (Å²) < 4.78 is 1.14. The van der Waals surface area contributed by atoms with E-state index in [4.69, 9.17) is 0 Å². The molecule has 0 aliphatic carbocycles. The van der Waals surface area contributed by atoms with Crippen LogP contribution in [0.5, 0.6) is 0 Å². The van der Waals surface area contributed by atoms with E-state index in [-0.39, 0.29) is 11.9 Å². The lowest BCUT2D eigenvalue weighted by molar-refractivity contribution is 0.0904. The van der Waals surface area contributed by atoms with Gasteiger partial charge in [-0.2, -0.15) is 0 Å². The number of carbonyl (C=O) groups is 1. The van der Waals surface area contributed by atoms with Crippen LogP contribution in [0.4, 0.5) is 0 Å². The maximum absolute atomic E-state index is 12.6. The lowest BCUT2D eigenvalue weighted by Gasteiger charge is -2.30. The highest BCUT2D eigenvalue weighted by Crippen LogP contribution is 2.30. The molecule has 2 saturated heterocycles. The number of thioether (sulfide) groups is 1. The summed E-state index contributed by atoms with van der Waals surface area (Å²) in [6.07, 6.45) is 4.40. The molecular weight excluding hydrogens is 314 g/mol. The number of hydrogen-bond donors (Lipinski definition) is 1. The van der Waals surface area contributed by atoms with Gasteiger partial charge in [0.15, 0.2) is 0 Å². The molecule has 1 amide bonds. The average molecular weight is 333 g/mol. The maximum atomic E-state index is 12.6. The minimum absolute atomic E-state index is 0.0295. The minimum Gasteiger partial charge on any atom is -0.347 e. The quantitative estimate of drug-likeness (QED) is 0.878. The normalized spacial score (nSPS) is 27.2. The molecule has 6 heteroatoms. The second-order valence-corrected chi connectivity index (χ2v) is 7.91. The van der Waals surface area contributed by atoms with Gasteiger partial charge in [-0.3, -0.25) is 4.79 Å². The highest BCUT2D eigenvalue weighted by Gasteiger charge is 2.33. The van der Waals surface area contributed by atoms with Crippen LogP contribution in [-0.2, 0) is 0 Å². The third kappa shape index (κ3) is 2.64. The number of aromatic nitrogens is 1. The molecule has 4 nitrogen and oxygen atoms in total. The molecule has 2 aromatic heterocycles. The zero-order valence-corrected chi connectivity index (χ0v) is 14.2. The van der Waals surface area contributed by atoms with Gasteiger partial charge in [-0.1, -0.05) is 0 Å². The number of pyridine rings is 1. The summed E-state index contributed by atoms with van der Waals surface area (Å²) in [6, 6.07) is 4.27. The third-order valence-electron chi connectivity index (χ3n) is 4.64. The highest BCUT2D eigenvalue weighted by molar-refractivity contribution is 7.98. The first-order valence-electron chi connectivity index (χ1n) is 7.68. The Bertz CT molecular complexity index is 702. The smallest absolute Gasteiger partial charge is 0.270 e. The second kappa shape index (κ2) is 5.83. The van der Waals surface area contributed by atoms with Crippen LogP contribution in [0.25, 0.3) is 10.1 Å². The Hall–Kier alpha value is -1.11. The molecule has 4 heterocycles. The Morgan fingerprint density at radius 1 is 1.50 bits per heavy atom. The maximum Gasteiger partial charge on any atom is 0.270 e. The summed E-state index contributed by atoms with van der Waals surface area (Å²) in [5, 5.41) is 7.34. The number of thiophene rings is 1. The first-order chi connectivity index (χ1) is 10.7. The summed E-state index contributed by atoms with van der Waals surface area (Å²) in [7, 11) is 0. The van der Waals surface area contributed by atoms with E-state index in [1.807, 2.05) is 12.3 Å². The van der Waals surface area contributed by atoms with Crippen molar-refractivity contribution in [2.45, 2.75) is 23.9 Å². The summed E-state index contributed by atoms with van der Waals surface area (Å²) in [5.41, 5.74) is 0.548. The Kier molecular flexibility index (Phi) is 3.84. The van der Waals surface area contributed by atoms with Crippen molar-refractivity contribution in [3.05, 3.63) is 23.2 Å². The first-order valence-corrected chi connectivity index (χ1v) is 9.79. The van der Waals surface area contributed by atoms with E-state index in [1.165, 1.54) is 19.5 Å². The molecule has 22 heavy (non-hydrogen) atoms. The SMILES string of the molecule is CSc1nc(C(=O)NC2CC3CCN(C3)C2)cc2sccc12. The average Bonchev–Trinajstić information content (AvgIpc) is 3.12. The van der Waals surface area contributed by atoms with Gasteiger partial charge in [-0.05, 0) is 49.1 Å². The molecule has 116 valence electrons. The van der Waals surface area contributed by atoms with E-state index in [0.717, 1.165) is 34.0 Å². The van der Waals surface area contributed by atoms with Crippen LogP contribution < -0.4 is 5.32 Å². The zero-order chi connectivity index (χ0) is 15.1.